The van der Waals surface area contributed by atoms with Crippen LogP contribution < -0.4 is 10.2 Å². The summed E-state index contributed by atoms with van der Waals surface area (Å²) in [6.07, 6.45) is 4.64. The zero-order chi connectivity index (χ0) is 17.1. The Labute approximate surface area is 147 Å². The van der Waals surface area contributed by atoms with Crippen LogP contribution in [0.3, 0.4) is 0 Å². The number of nitrogens with one attached hydrogen (secondary N) is 1. The van der Waals surface area contributed by atoms with Crippen LogP contribution in [-0.2, 0) is 11.2 Å². The molecule has 1 aliphatic heterocycles. The van der Waals surface area contributed by atoms with Gasteiger partial charge in [-0.25, -0.2) is 0 Å². The first kappa shape index (κ1) is 15.6. The fourth-order valence-electron chi connectivity index (χ4n) is 3.38. The second-order valence-electron chi connectivity index (χ2n) is 6.47. The number of hydrogen-bond acceptors (Lipinski definition) is 3. The van der Waals surface area contributed by atoms with E-state index in [1.165, 1.54) is 18.5 Å². The van der Waals surface area contributed by atoms with E-state index >= 15 is 0 Å². The first-order valence-electron chi connectivity index (χ1n) is 8.77. The lowest BCUT2D eigenvalue weighted by atomic mass is 10.1. The van der Waals surface area contributed by atoms with Crippen molar-refractivity contribution in [2.24, 2.45) is 0 Å². The summed E-state index contributed by atoms with van der Waals surface area (Å²) in [6, 6.07) is 18.1. The van der Waals surface area contributed by atoms with Gasteiger partial charge in [0.05, 0.1) is 17.6 Å². The minimum absolute atomic E-state index is 0.0212. The molecule has 4 nitrogen and oxygen atoms in total. The molecule has 3 aromatic rings. The summed E-state index contributed by atoms with van der Waals surface area (Å²) < 4.78 is 0. The van der Waals surface area contributed by atoms with Gasteiger partial charge in [-0.2, -0.15) is 0 Å². The Kier molecular flexibility index (Phi) is 4.34. The van der Waals surface area contributed by atoms with E-state index in [0.717, 1.165) is 35.2 Å². The van der Waals surface area contributed by atoms with Gasteiger partial charge in [-0.3, -0.25) is 9.78 Å². The molecule has 1 aliphatic rings. The van der Waals surface area contributed by atoms with E-state index in [1.54, 1.807) is 6.20 Å². The Balaban J connectivity index is 1.44. The highest BCUT2D eigenvalue weighted by Gasteiger charge is 2.12. The van der Waals surface area contributed by atoms with Crippen molar-refractivity contribution in [3.05, 3.63) is 66.4 Å². The van der Waals surface area contributed by atoms with Crippen LogP contribution in [0, 0.1) is 0 Å². The van der Waals surface area contributed by atoms with Crippen LogP contribution in [0.4, 0.5) is 11.4 Å². The van der Waals surface area contributed by atoms with Gasteiger partial charge in [0.2, 0.25) is 5.91 Å². The Morgan fingerprint density at radius 2 is 1.76 bits per heavy atom. The minimum atomic E-state index is -0.0212. The van der Waals surface area contributed by atoms with Crippen LogP contribution in [-0.4, -0.2) is 24.0 Å². The van der Waals surface area contributed by atoms with E-state index in [4.69, 9.17) is 0 Å². The first-order chi connectivity index (χ1) is 12.3. The third-order valence-corrected chi connectivity index (χ3v) is 4.68. The smallest absolute Gasteiger partial charge is 0.228 e. The highest BCUT2D eigenvalue weighted by atomic mass is 16.1. The molecule has 0 aliphatic carbocycles. The Bertz CT molecular complexity index is 878. The summed E-state index contributed by atoms with van der Waals surface area (Å²) in [5.74, 6) is -0.0212. The lowest BCUT2D eigenvalue weighted by Crippen LogP contribution is -2.18. The van der Waals surface area contributed by atoms with Crippen molar-refractivity contribution < 1.29 is 4.79 Å². The number of carbonyl (C=O) groups is 1. The average molecular weight is 331 g/mol. The monoisotopic (exact) mass is 331 g/mol. The lowest BCUT2D eigenvalue weighted by Gasteiger charge is -2.17. The molecule has 0 radical (unpaired) electrons. The fraction of sp³-hybridized carbons (Fsp3) is 0.238. The number of hydrogen-bond donors (Lipinski definition) is 1. The van der Waals surface area contributed by atoms with E-state index < -0.39 is 0 Å². The van der Waals surface area contributed by atoms with Gasteiger partial charge in [0.25, 0.3) is 0 Å². The normalized spacial score (nSPS) is 14.0. The fourth-order valence-corrected chi connectivity index (χ4v) is 3.38. The molecular formula is C21H21N3O. The second kappa shape index (κ2) is 6.93. The van der Waals surface area contributed by atoms with E-state index in [-0.39, 0.29) is 5.91 Å². The van der Waals surface area contributed by atoms with Gasteiger partial charge in [0.15, 0.2) is 0 Å². The summed E-state index contributed by atoms with van der Waals surface area (Å²) in [5.41, 5.74) is 3.85. The number of para-hydroxylation sites is 1. The predicted octanol–water partition coefficient (Wildman–Crippen LogP) is 4.02. The van der Waals surface area contributed by atoms with E-state index in [1.807, 2.05) is 30.3 Å². The molecule has 25 heavy (non-hydrogen) atoms. The summed E-state index contributed by atoms with van der Waals surface area (Å²) in [4.78, 5) is 19.2. The number of pyridine rings is 1. The SMILES string of the molecule is O=C(Cc1ccc(N2CCCC2)cc1)Nc1cccc2cccnc12. The molecule has 0 bridgehead atoms. The maximum atomic E-state index is 12.4. The van der Waals surface area contributed by atoms with Crippen molar-refractivity contribution in [1.29, 1.82) is 0 Å². The maximum absolute atomic E-state index is 12.4. The predicted molar refractivity (Wildman–Crippen MR) is 102 cm³/mol. The van der Waals surface area contributed by atoms with E-state index in [2.05, 4.69) is 39.5 Å². The summed E-state index contributed by atoms with van der Waals surface area (Å²) in [6.45, 7) is 2.27. The van der Waals surface area contributed by atoms with Crippen LogP contribution in [0.5, 0.6) is 0 Å². The zero-order valence-corrected chi connectivity index (χ0v) is 14.1. The molecule has 126 valence electrons. The molecule has 1 aromatic heterocycles. The third kappa shape index (κ3) is 3.48. The number of benzene rings is 2. The number of fused-ring (bicyclic) bond motifs is 1. The van der Waals surface area contributed by atoms with Crippen molar-refractivity contribution in [3.63, 3.8) is 0 Å². The van der Waals surface area contributed by atoms with Crippen molar-refractivity contribution in [1.82, 2.24) is 4.98 Å². The van der Waals surface area contributed by atoms with Gasteiger partial charge in [-0.05, 0) is 42.7 Å². The average Bonchev–Trinajstić information content (AvgIpc) is 3.17. The van der Waals surface area contributed by atoms with Crippen molar-refractivity contribution in [3.8, 4) is 0 Å². The van der Waals surface area contributed by atoms with Gasteiger partial charge in [-0.1, -0.05) is 30.3 Å². The van der Waals surface area contributed by atoms with Gasteiger partial charge >= 0.3 is 0 Å². The molecule has 0 atom stereocenters. The zero-order valence-electron chi connectivity index (χ0n) is 14.1. The number of nitrogens with zero attached hydrogens (tertiary/aromatic N) is 2. The Morgan fingerprint density at radius 3 is 2.56 bits per heavy atom. The molecule has 4 rings (SSSR count). The molecule has 0 unspecified atom stereocenters. The first-order valence-corrected chi connectivity index (χ1v) is 8.77. The van der Waals surface area contributed by atoms with E-state index in [9.17, 15) is 4.79 Å². The summed E-state index contributed by atoms with van der Waals surface area (Å²) >= 11 is 0. The number of anilines is 2. The van der Waals surface area contributed by atoms with Crippen LogP contribution in [0.25, 0.3) is 10.9 Å². The molecule has 1 N–H and O–H groups in total. The molecule has 1 amide bonds. The highest BCUT2D eigenvalue weighted by Crippen LogP contribution is 2.22. The maximum Gasteiger partial charge on any atom is 0.228 e. The number of aromatic nitrogens is 1. The largest absolute Gasteiger partial charge is 0.372 e. The Hall–Kier alpha value is -2.88. The standard InChI is InChI=1S/C21H21N3O/c25-20(23-19-7-3-5-17-6-4-12-22-21(17)19)15-16-8-10-18(11-9-16)24-13-1-2-14-24/h3-12H,1-2,13-15H2,(H,23,25). The van der Waals surface area contributed by atoms with Gasteiger partial charge in [0.1, 0.15) is 0 Å². The summed E-state index contributed by atoms with van der Waals surface area (Å²) in [7, 11) is 0. The molecule has 0 spiro atoms. The van der Waals surface area contributed by atoms with Crippen molar-refractivity contribution in [2.45, 2.75) is 19.3 Å². The van der Waals surface area contributed by atoms with Crippen LogP contribution in [0.1, 0.15) is 18.4 Å². The molecule has 2 aromatic carbocycles. The van der Waals surface area contributed by atoms with Gasteiger partial charge in [0, 0.05) is 30.4 Å². The quantitative estimate of drug-likeness (QED) is 0.785. The van der Waals surface area contributed by atoms with Crippen molar-refractivity contribution >= 4 is 28.2 Å². The minimum Gasteiger partial charge on any atom is -0.372 e. The number of rotatable bonds is 4. The topological polar surface area (TPSA) is 45.2 Å². The van der Waals surface area contributed by atoms with Gasteiger partial charge < -0.3 is 10.2 Å². The lowest BCUT2D eigenvalue weighted by molar-refractivity contribution is -0.115. The van der Waals surface area contributed by atoms with E-state index in [0.29, 0.717) is 6.42 Å². The Morgan fingerprint density at radius 1 is 1.00 bits per heavy atom. The van der Waals surface area contributed by atoms with Crippen molar-refractivity contribution in [2.75, 3.05) is 23.3 Å². The molecule has 0 saturated carbocycles. The molecule has 4 heteroatoms. The molecular weight excluding hydrogens is 310 g/mol. The third-order valence-electron chi connectivity index (χ3n) is 4.68. The van der Waals surface area contributed by atoms with Gasteiger partial charge in [-0.15, -0.1) is 0 Å². The number of amides is 1. The molecule has 1 fully saturated rings. The van der Waals surface area contributed by atoms with Crippen LogP contribution in [0.2, 0.25) is 0 Å². The van der Waals surface area contributed by atoms with Crippen LogP contribution in [0.15, 0.2) is 60.8 Å². The highest BCUT2D eigenvalue weighted by molar-refractivity contribution is 6.00. The van der Waals surface area contributed by atoms with Crippen LogP contribution >= 0.6 is 0 Å². The summed E-state index contributed by atoms with van der Waals surface area (Å²) in [5, 5.41) is 4.01. The second-order valence-corrected chi connectivity index (χ2v) is 6.47. The number of carbonyl (C=O) groups excluding carboxylic acids is 1. The molecule has 1 saturated heterocycles. The molecule has 2 heterocycles.